The van der Waals surface area contributed by atoms with Gasteiger partial charge in [-0.1, -0.05) is 0 Å². The molecule has 0 aliphatic carbocycles. The number of hydrogen-bond donors (Lipinski definition) is 3. The molecular weight excluding hydrogens is 214 g/mol. The molecule has 0 bridgehead atoms. The standard InChI is InChI=1S/C12H15N5/c1-8-10-4-3-9(7-11(10)16-15-8)17(2)12(14)5-6-13/h3-4,6-7,13-14H,5H2,1-2H3,(H,15,16). The highest BCUT2D eigenvalue weighted by Crippen LogP contribution is 2.22. The van der Waals surface area contributed by atoms with Crippen molar-refractivity contribution in [2.24, 2.45) is 0 Å². The van der Waals surface area contributed by atoms with Crippen LogP contribution in [0.4, 0.5) is 5.69 Å². The van der Waals surface area contributed by atoms with Gasteiger partial charge in [-0.05, 0) is 25.1 Å². The molecule has 0 radical (unpaired) electrons. The molecule has 0 aliphatic rings. The molecule has 0 saturated heterocycles. The fourth-order valence-corrected chi connectivity index (χ4v) is 1.73. The van der Waals surface area contributed by atoms with Crippen LogP contribution in [0.1, 0.15) is 12.1 Å². The Kier molecular flexibility index (Phi) is 2.91. The van der Waals surface area contributed by atoms with Crippen molar-refractivity contribution in [3.63, 3.8) is 0 Å². The van der Waals surface area contributed by atoms with Gasteiger partial charge in [0.1, 0.15) is 5.84 Å². The minimum atomic E-state index is 0.341. The first kappa shape index (κ1) is 11.3. The number of aromatic amines is 1. The first-order chi connectivity index (χ1) is 8.13. The zero-order valence-electron chi connectivity index (χ0n) is 9.91. The van der Waals surface area contributed by atoms with E-state index in [2.05, 4.69) is 10.2 Å². The predicted molar refractivity (Wildman–Crippen MR) is 70.4 cm³/mol. The van der Waals surface area contributed by atoms with Gasteiger partial charge in [-0.15, -0.1) is 0 Å². The second-order valence-corrected chi connectivity index (χ2v) is 3.96. The molecule has 0 spiro atoms. The lowest BCUT2D eigenvalue weighted by Crippen LogP contribution is -2.25. The van der Waals surface area contributed by atoms with Crippen LogP contribution in [0.2, 0.25) is 0 Å². The normalized spacial score (nSPS) is 10.5. The smallest absolute Gasteiger partial charge is 0.105 e. The van der Waals surface area contributed by atoms with Crippen molar-refractivity contribution >= 4 is 28.6 Å². The molecule has 5 nitrogen and oxygen atoms in total. The van der Waals surface area contributed by atoms with Crippen LogP contribution in [0.25, 0.3) is 10.9 Å². The van der Waals surface area contributed by atoms with E-state index in [0.29, 0.717) is 12.3 Å². The third-order valence-electron chi connectivity index (χ3n) is 2.82. The number of rotatable bonds is 3. The molecule has 1 aromatic carbocycles. The van der Waals surface area contributed by atoms with Crippen molar-refractivity contribution in [1.29, 1.82) is 10.8 Å². The quantitative estimate of drug-likeness (QED) is 0.557. The van der Waals surface area contributed by atoms with Gasteiger partial charge in [-0.2, -0.15) is 5.10 Å². The molecule has 1 heterocycles. The van der Waals surface area contributed by atoms with Crippen LogP contribution in [0.5, 0.6) is 0 Å². The predicted octanol–water partition coefficient (Wildman–Crippen LogP) is 2.32. The molecule has 1 aromatic heterocycles. The summed E-state index contributed by atoms with van der Waals surface area (Å²) in [5, 5.41) is 23.0. The van der Waals surface area contributed by atoms with Gasteiger partial charge in [0.25, 0.3) is 0 Å². The minimum Gasteiger partial charge on any atom is -0.333 e. The number of fused-ring (bicyclic) bond motifs is 1. The number of benzene rings is 1. The Bertz CT molecular complexity index is 569. The molecule has 17 heavy (non-hydrogen) atoms. The number of aryl methyl sites for hydroxylation is 1. The van der Waals surface area contributed by atoms with Gasteiger partial charge in [-0.25, -0.2) is 0 Å². The van der Waals surface area contributed by atoms with E-state index in [1.54, 1.807) is 4.90 Å². The van der Waals surface area contributed by atoms with Gasteiger partial charge in [0, 0.05) is 36.5 Å². The summed E-state index contributed by atoms with van der Waals surface area (Å²) in [7, 11) is 1.83. The van der Waals surface area contributed by atoms with E-state index in [4.69, 9.17) is 10.8 Å². The average Bonchev–Trinajstić information content (AvgIpc) is 2.70. The summed E-state index contributed by atoms with van der Waals surface area (Å²) in [6.07, 6.45) is 1.57. The highest BCUT2D eigenvalue weighted by molar-refractivity contribution is 6.02. The second-order valence-electron chi connectivity index (χ2n) is 3.96. The lowest BCUT2D eigenvalue weighted by molar-refractivity contribution is 1.07. The molecule has 2 aromatic rings. The van der Waals surface area contributed by atoms with E-state index in [9.17, 15) is 0 Å². The summed E-state index contributed by atoms with van der Waals surface area (Å²) in [6.45, 7) is 1.98. The lowest BCUT2D eigenvalue weighted by Gasteiger charge is -2.18. The average molecular weight is 229 g/mol. The van der Waals surface area contributed by atoms with Crippen LogP contribution in [-0.4, -0.2) is 29.3 Å². The lowest BCUT2D eigenvalue weighted by atomic mass is 10.2. The van der Waals surface area contributed by atoms with Gasteiger partial charge < -0.3 is 10.3 Å². The third kappa shape index (κ3) is 2.04. The number of H-pyrrole nitrogens is 1. The molecule has 0 amide bonds. The number of amidine groups is 1. The van der Waals surface area contributed by atoms with Gasteiger partial charge in [0.2, 0.25) is 0 Å². The Labute approximate surface area is 99.5 Å². The number of nitrogens with zero attached hydrogens (tertiary/aromatic N) is 2. The Balaban J connectivity index is 2.36. The van der Waals surface area contributed by atoms with E-state index in [1.807, 2.05) is 32.2 Å². The van der Waals surface area contributed by atoms with Gasteiger partial charge in [-0.3, -0.25) is 10.5 Å². The van der Waals surface area contributed by atoms with Crippen LogP contribution in [0.3, 0.4) is 0 Å². The SMILES string of the molecule is Cc1[nH]nc2cc(N(C)C(=N)CC=N)ccc12. The maximum Gasteiger partial charge on any atom is 0.105 e. The zero-order chi connectivity index (χ0) is 12.4. The van der Waals surface area contributed by atoms with Crippen LogP contribution >= 0.6 is 0 Å². The molecule has 3 N–H and O–H groups in total. The highest BCUT2D eigenvalue weighted by atomic mass is 15.1. The maximum atomic E-state index is 7.79. The van der Waals surface area contributed by atoms with Crippen LogP contribution < -0.4 is 4.90 Å². The van der Waals surface area contributed by atoms with Gasteiger partial charge in [0.15, 0.2) is 0 Å². The minimum absolute atomic E-state index is 0.341. The summed E-state index contributed by atoms with van der Waals surface area (Å²) in [6, 6.07) is 5.90. The van der Waals surface area contributed by atoms with Crippen molar-refractivity contribution in [2.75, 3.05) is 11.9 Å². The van der Waals surface area contributed by atoms with Crippen LogP contribution in [0.15, 0.2) is 18.2 Å². The maximum absolute atomic E-state index is 7.79. The molecule has 0 unspecified atom stereocenters. The van der Waals surface area contributed by atoms with Gasteiger partial charge in [0.05, 0.1) is 5.52 Å². The number of anilines is 1. The molecule has 88 valence electrons. The number of hydrogen-bond acceptors (Lipinski definition) is 3. The van der Waals surface area contributed by atoms with E-state index >= 15 is 0 Å². The summed E-state index contributed by atoms with van der Waals surface area (Å²) >= 11 is 0. The summed E-state index contributed by atoms with van der Waals surface area (Å²) in [5.74, 6) is 0.395. The second kappa shape index (κ2) is 4.37. The van der Waals surface area contributed by atoms with Crippen molar-refractivity contribution in [2.45, 2.75) is 13.3 Å². The van der Waals surface area contributed by atoms with Crippen molar-refractivity contribution in [1.82, 2.24) is 10.2 Å². The molecular formula is C12H15N5. The first-order valence-corrected chi connectivity index (χ1v) is 5.38. The van der Waals surface area contributed by atoms with E-state index < -0.39 is 0 Å². The molecule has 0 fully saturated rings. The van der Waals surface area contributed by atoms with Crippen molar-refractivity contribution < 1.29 is 0 Å². The Hall–Kier alpha value is -2.17. The largest absolute Gasteiger partial charge is 0.333 e. The number of aromatic nitrogens is 2. The summed E-state index contributed by atoms with van der Waals surface area (Å²) < 4.78 is 0. The Morgan fingerprint density at radius 1 is 1.53 bits per heavy atom. The van der Waals surface area contributed by atoms with Crippen LogP contribution in [-0.2, 0) is 0 Å². The van der Waals surface area contributed by atoms with Crippen molar-refractivity contribution in [3.8, 4) is 0 Å². The first-order valence-electron chi connectivity index (χ1n) is 5.38. The molecule has 5 heteroatoms. The molecule has 0 atom stereocenters. The summed E-state index contributed by atoms with van der Waals surface area (Å²) in [5.41, 5.74) is 2.86. The summed E-state index contributed by atoms with van der Waals surface area (Å²) in [4.78, 5) is 1.76. The molecule has 0 aliphatic heterocycles. The topological polar surface area (TPSA) is 79.6 Å². The Morgan fingerprint density at radius 3 is 3.00 bits per heavy atom. The van der Waals surface area contributed by atoms with Gasteiger partial charge >= 0.3 is 0 Å². The molecule has 2 rings (SSSR count). The van der Waals surface area contributed by atoms with Crippen LogP contribution in [0, 0.1) is 17.7 Å². The monoisotopic (exact) mass is 229 g/mol. The highest BCUT2D eigenvalue weighted by Gasteiger charge is 2.08. The molecule has 0 saturated carbocycles. The van der Waals surface area contributed by atoms with E-state index in [1.165, 1.54) is 6.21 Å². The zero-order valence-corrected chi connectivity index (χ0v) is 9.91. The fourth-order valence-electron chi connectivity index (χ4n) is 1.73. The van der Waals surface area contributed by atoms with E-state index in [-0.39, 0.29) is 0 Å². The van der Waals surface area contributed by atoms with E-state index in [0.717, 1.165) is 22.3 Å². The fraction of sp³-hybridized carbons (Fsp3) is 0.250. The Morgan fingerprint density at radius 2 is 2.29 bits per heavy atom. The van der Waals surface area contributed by atoms with Crippen molar-refractivity contribution in [3.05, 3.63) is 23.9 Å². The number of nitrogens with one attached hydrogen (secondary N) is 3. The third-order valence-corrected chi connectivity index (χ3v) is 2.82.